The van der Waals surface area contributed by atoms with Gasteiger partial charge in [-0.1, -0.05) is 18.2 Å². The van der Waals surface area contributed by atoms with Crippen molar-refractivity contribution in [2.24, 2.45) is 0 Å². The van der Waals surface area contributed by atoms with Gasteiger partial charge in [0.2, 0.25) is 5.95 Å². The number of halogens is 2. The summed E-state index contributed by atoms with van der Waals surface area (Å²) < 4.78 is 5.99. The molecule has 4 N–H and O–H groups in total. The summed E-state index contributed by atoms with van der Waals surface area (Å²) in [7, 11) is 0. The fourth-order valence-corrected chi connectivity index (χ4v) is 2.44. The number of benzene rings is 1. The van der Waals surface area contributed by atoms with Crippen LogP contribution < -0.4 is 15.4 Å². The molecule has 8 heteroatoms. The Hall–Kier alpha value is -1.60. The van der Waals surface area contributed by atoms with Gasteiger partial charge in [0.25, 0.3) is 0 Å². The SMILES string of the molecule is Cl.Cl.O.c1cnc(NCCNCC2CCc3ccccc3O2)nc1. The Kier molecular flexibility index (Phi) is 11.1. The maximum Gasteiger partial charge on any atom is 0.222 e. The minimum Gasteiger partial charge on any atom is -0.489 e. The number of ether oxygens (including phenoxy) is 1. The van der Waals surface area contributed by atoms with Crippen LogP contribution in [0.1, 0.15) is 12.0 Å². The van der Waals surface area contributed by atoms with E-state index in [1.807, 2.05) is 12.1 Å². The second kappa shape index (κ2) is 11.9. The van der Waals surface area contributed by atoms with Gasteiger partial charge in [-0.25, -0.2) is 9.97 Å². The second-order valence-electron chi connectivity index (χ2n) is 5.09. The average molecular weight is 375 g/mol. The Balaban J connectivity index is 0.00000176. The first-order valence-corrected chi connectivity index (χ1v) is 7.38. The molecule has 1 atom stereocenters. The molecule has 0 fully saturated rings. The van der Waals surface area contributed by atoms with E-state index in [9.17, 15) is 0 Å². The normalized spacial score (nSPS) is 14.8. The van der Waals surface area contributed by atoms with Crippen molar-refractivity contribution < 1.29 is 10.2 Å². The minimum atomic E-state index is 0. The number of hydrogen-bond donors (Lipinski definition) is 2. The number of fused-ring (bicyclic) bond motifs is 1. The third-order valence-electron chi connectivity index (χ3n) is 3.52. The van der Waals surface area contributed by atoms with Crippen LogP contribution in [0.4, 0.5) is 5.95 Å². The van der Waals surface area contributed by atoms with Crippen molar-refractivity contribution in [3.05, 3.63) is 48.3 Å². The van der Waals surface area contributed by atoms with Crippen molar-refractivity contribution in [2.45, 2.75) is 18.9 Å². The van der Waals surface area contributed by atoms with Gasteiger partial charge in [-0.3, -0.25) is 0 Å². The molecule has 0 radical (unpaired) electrons. The van der Waals surface area contributed by atoms with Gasteiger partial charge in [0, 0.05) is 32.0 Å². The predicted molar refractivity (Wildman–Crippen MR) is 101 cm³/mol. The maximum absolute atomic E-state index is 5.99. The number of anilines is 1. The fraction of sp³-hybridized carbons (Fsp3) is 0.375. The van der Waals surface area contributed by atoms with E-state index in [-0.39, 0.29) is 36.4 Å². The first-order chi connectivity index (χ1) is 10.4. The highest BCUT2D eigenvalue weighted by Crippen LogP contribution is 2.26. The number of aromatic nitrogens is 2. The highest BCUT2D eigenvalue weighted by molar-refractivity contribution is 5.85. The lowest BCUT2D eigenvalue weighted by molar-refractivity contribution is 0.171. The van der Waals surface area contributed by atoms with E-state index in [1.165, 1.54) is 5.56 Å². The summed E-state index contributed by atoms with van der Waals surface area (Å²) in [5.74, 6) is 1.70. The first kappa shape index (κ1) is 22.4. The largest absolute Gasteiger partial charge is 0.489 e. The standard InChI is InChI=1S/C16H20N4O.2ClH.H2O/c1-2-5-15-13(4-1)6-7-14(21-15)12-17-10-11-20-16-18-8-3-9-19-16;;;/h1-5,8-9,14,17H,6-7,10-12H2,(H,18,19,20);2*1H;1H2. The zero-order valence-electron chi connectivity index (χ0n) is 13.3. The Morgan fingerprint density at radius 1 is 1.04 bits per heavy atom. The molecule has 2 heterocycles. The third kappa shape index (κ3) is 6.49. The second-order valence-corrected chi connectivity index (χ2v) is 5.09. The molecule has 2 aromatic rings. The van der Waals surface area contributed by atoms with Gasteiger partial charge < -0.3 is 20.8 Å². The number of nitrogens with one attached hydrogen (secondary N) is 2. The van der Waals surface area contributed by atoms with Crippen LogP contribution in [-0.4, -0.2) is 41.2 Å². The molecule has 1 aliphatic heterocycles. The summed E-state index contributed by atoms with van der Waals surface area (Å²) in [5.41, 5.74) is 1.32. The molecule has 24 heavy (non-hydrogen) atoms. The van der Waals surface area contributed by atoms with Gasteiger partial charge in [0.05, 0.1) is 0 Å². The predicted octanol–water partition coefficient (Wildman–Crippen LogP) is 1.89. The van der Waals surface area contributed by atoms with Crippen molar-refractivity contribution in [3.8, 4) is 5.75 Å². The number of hydrogen-bond acceptors (Lipinski definition) is 5. The number of aryl methyl sites for hydroxylation is 1. The number of rotatable bonds is 6. The third-order valence-corrected chi connectivity index (χ3v) is 3.52. The van der Waals surface area contributed by atoms with Crippen molar-refractivity contribution in [1.29, 1.82) is 0 Å². The molecule has 0 aliphatic carbocycles. The van der Waals surface area contributed by atoms with Crippen LogP contribution in [0.25, 0.3) is 0 Å². The molecular formula is C16H24Cl2N4O2. The molecule has 3 rings (SSSR count). The van der Waals surface area contributed by atoms with Crippen LogP contribution in [0.2, 0.25) is 0 Å². The highest BCUT2D eigenvalue weighted by Gasteiger charge is 2.18. The van der Waals surface area contributed by atoms with Gasteiger partial charge >= 0.3 is 0 Å². The smallest absolute Gasteiger partial charge is 0.222 e. The first-order valence-electron chi connectivity index (χ1n) is 7.38. The number of nitrogens with zero attached hydrogens (tertiary/aromatic N) is 2. The summed E-state index contributed by atoms with van der Waals surface area (Å²) in [6, 6.07) is 10.1. The van der Waals surface area contributed by atoms with Crippen molar-refractivity contribution in [3.63, 3.8) is 0 Å². The van der Waals surface area contributed by atoms with E-state index >= 15 is 0 Å². The minimum absolute atomic E-state index is 0. The lowest BCUT2D eigenvalue weighted by atomic mass is 10.0. The summed E-state index contributed by atoms with van der Waals surface area (Å²) in [4.78, 5) is 8.23. The molecule has 0 spiro atoms. The van der Waals surface area contributed by atoms with E-state index < -0.39 is 0 Å². The molecule has 134 valence electrons. The summed E-state index contributed by atoms with van der Waals surface area (Å²) in [5, 5.41) is 6.59. The van der Waals surface area contributed by atoms with Gasteiger partial charge in [-0.2, -0.15) is 0 Å². The maximum atomic E-state index is 5.99. The van der Waals surface area contributed by atoms with Crippen LogP contribution in [0.3, 0.4) is 0 Å². The van der Waals surface area contributed by atoms with Gasteiger partial charge in [-0.15, -0.1) is 24.8 Å². The molecule has 1 aliphatic rings. The van der Waals surface area contributed by atoms with E-state index in [2.05, 4.69) is 38.8 Å². The lowest BCUT2D eigenvalue weighted by Gasteiger charge is -2.26. The van der Waals surface area contributed by atoms with Crippen LogP contribution >= 0.6 is 24.8 Å². The van der Waals surface area contributed by atoms with Crippen molar-refractivity contribution >= 4 is 30.8 Å². The highest BCUT2D eigenvalue weighted by atomic mass is 35.5. The average Bonchev–Trinajstić information content (AvgIpc) is 2.55. The van der Waals surface area contributed by atoms with Crippen LogP contribution in [0.5, 0.6) is 5.75 Å². The molecule has 0 saturated heterocycles. The molecule has 1 aromatic heterocycles. The monoisotopic (exact) mass is 374 g/mol. The number of para-hydroxylation sites is 1. The van der Waals surface area contributed by atoms with Crippen LogP contribution in [0, 0.1) is 0 Å². The molecule has 6 nitrogen and oxygen atoms in total. The molecule has 0 saturated carbocycles. The Morgan fingerprint density at radius 2 is 1.79 bits per heavy atom. The van der Waals surface area contributed by atoms with E-state index in [4.69, 9.17) is 4.74 Å². The molecule has 1 unspecified atom stereocenters. The molecule has 0 amide bonds. The van der Waals surface area contributed by atoms with Gasteiger partial charge in [0.1, 0.15) is 11.9 Å². The van der Waals surface area contributed by atoms with E-state index in [1.54, 1.807) is 12.4 Å². The fourth-order valence-electron chi connectivity index (χ4n) is 2.44. The zero-order valence-corrected chi connectivity index (χ0v) is 14.9. The van der Waals surface area contributed by atoms with Crippen molar-refractivity contribution in [2.75, 3.05) is 25.0 Å². The van der Waals surface area contributed by atoms with Gasteiger partial charge in [0.15, 0.2) is 0 Å². The van der Waals surface area contributed by atoms with Crippen molar-refractivity contribution in [1.82, 2.24) is 15.3 Å². The Morgan fingerprint density at radius 3 is 2.58 bits per heavy atom. The quantitative estimate of drug-likeness (QED) is 0.753. The summed E-state index contributed by atoms with van der Waals surface area (Å²) in [6.45, 7) is 2.53. The topological polar surface area (TPSA) is 90.6 Å². The zero-order chi connectivity index (χ0) is 14.3. The summed E-state index contributed by atoms with van der Waals surface area (Å²) >= 11 is 0. The van der Waals surface area contributed by atoms with Gasteiger partial charge in [-0.05, 0) is 30.5 Å². The lowest BCUT2D eigenvalue weighted by Crippen LogP contribution is -2.36. The Labute approximate surface area is 154 Å². The van der Waals surface area contributed by atoms with E-state index in [0.717, 1.165) is 38.2 Å². The molecule has 1 aromatic carbocycles. The van der Waals surface area contributed by atoms with E-state index in [0.29, 0.717) is 5.95 Å². The molecular weight excluding hydrogens is 351 g/mol. The van der Waals surface area contributed by atoms with Crippen LogP contribution in [0.15, 0.2) is 42.7 Å². The summed E-state index contributed by atoms with van der Waals surface area (Å²) in [6.07, 6.45) is 5.89. The van der Waals surface area contributed by atoms with Crippen LogP contribution in [-0.2, 0) is 6.42 Å². The Bertz CT molecular complexity index is 575. The molecule has 0 bridgehead atoms.